The van der Waals surface area contributed by atoms with Crippen LogP contribution in [0.25, 0.3) is 0 Å². The third kappa shape index (κ3) is 2.93. The minimum atomic E-state index is -0.985. The van der Waals surface area contributed by atoms with Crippen LogP contribution < -0.4 is 10.2 Å². The summed E-state index contributed by atoms with van der Waals surface area (Å²) in [4.78, 5) is 49.6. The summed E-state index contributed by atoms with van der Waals surface area (Å²) in [6, 6.07) is 6.27. The van der Waals surface area contributed by atoms with Gasteiger partial charge in [-0.15, -0.1) is 0 Å². The molecule has 4 unspecified atom stereocenters. The molecule has 0 aromatic heterocycles. The van der Waals surface area contributed by atoms with E-state index >= 15 is 0 Å². The van der Waals surface area contributed by atoms with Crippen LogP contribution in [0.2, 0.25) is 0 Å². The number of nitrogens with zero attached hydrogens (tertiary/aromatic N) is 1. The highest BCUT2D eigenvalue weighted by atomic mass is 16.4. The van der Waals surface area contributed by atoms with Gasteiger partial charge in [0.25, 0.3) is 5.91 Å². The van der Waals surface area contributed by atoms with Crippen molar-refractivity contribution in [2.75, 3.05) is 11.4 Å². The number of aliphatic carboxylic acids is 1. The van der Waals surface area contributed by atoms with E-state index in [4.69, 9.17) is 5.11 Å². The Morgan fingerprint density at radius 3 is 2.04 bits per heavy atom. The van der Waals surface area contributed by atoms with Crippen LogP contribution >= 0.6 is 0 Å². The first-order valence-electron chi connectivity index (χ1n) is 9.13. The first-order chi connectivity index (χ1) is 13.0. The maximum Gasteiger partial charge on any atom is 0.305 e. The van der Waals surface area contributed by atoms with Gasteiger partial charge < -0.3 is 10.4 Å². The zero-order chi connectivity index (χ0) is 19.1. The van der Waals surface area contributed by atoms with Gasteiger partial charge in [0.1, 0.15) is 0 Å². The fourth-order valence-corrected chi connectivity index (χ4v) is 4.48. The number of carbonyl (C=O) groups excluding carboxylic acids is 3. The molecule has 2 fully saturated rings. The van der Waals surface area contributed by atoms with Crippen molar-refractivity contribution in [2.45, 2.75) is 19.3 Å². The first kappa shape index (κ1) is 17.5. The maximum absolute atomic E-state index is 12.9. The van der Waals surface area contributed by atoms with Gasteiger partial charge in [-0.25, -0.2) is 0 Å². The molecule has 3 amide bonds. The zero-order valence-corrected chi connectivity index (χ0v) is 14.6. The Bertz CT molecular complexity index is 812. The van der Waals surface area contributed by atoms with Gasteiger partial charge in [-0.3, -0.25) is 24.1 Å². The normalized spacial score (nSPS) is 28.4. The average molecular weight is 368 g/mol. The number of hydrogen-bond donors (Lipinski definition) is 2. The Morgan fingerprint density at radius 2 is 1.56 bits per heavy atom. The summed E-state index contributed by atoms with van der Waals surface area (Å²) in [6.07, 6.45) is 5.90. The lowest BCUT2D eigenvalue weighted by molar-refractivity contribution is -0.136. The number of imide groups is 1. The lowest BCUT2D eigenvalue weighted by Crippen LogP contribution is -2.38. The SMILES string of the molecule is O=C(O)CCNC(=O)c1ccc(N2C(=O)C3C4C=CC(CC4)C3C2=O)cc1. The maximum atomic E-state index is 12.9. The molecule has 1 aromatic rings. The van der Waals surface area contributed by atoms with Crippen LogP contribution in [-0.4, -0.2) is 35.3 Å². The Hall–Kier alpha value is -2.96. The third-order valence-corrected chi connectivity index (χ3v) is 5.77. The zero-order valence-electron chi connectivity index (χ0n) is 14.6. The van der Waals surface area contributed by atoms with Gasteiger partial charge in [-0.1, -0.05) is 12.2 Å². The highest BCUT2D eigenvalue weighted by Gasteiger charge is 2.56. The van der Waals surface area contributed by atoms with Crippen molar-refractivity contribution in [1.29, 1.82) is 0 Å². The highest BCUT2D eigenvalue weighted by Crippen LogP contribution is 2.50. The van der Waals surface area contributed by atoms with Crippen LogP contribution in [0.5, 0.6) is 0 Å². The molecule has 1 saturated carbocycles. The number of benzene rings is 1. The van der Waals surface area contributed by atoms with E-state index in [0.29, 0.717) is 11.3 Å². The molecular weight excluding hydrogens is 348 g/mol. The van der Waals surface area contributed by atoms with Gasteiger partial charge in [0.2, 0.25) is 11.8 Å². The highest BCUT2D eigenvalue weighted by molar-refractivity contribution is 6.22. The number of allylic oxidation sites excluding steroid dienone is 2. The monoisotopic (exact) mass is 368 g/mol. The quantitative estimate of drug-likeness (QED) is 0.607. The van der Waals surface area contributed by atoms with E-state index in [2.05, 4.69) is 17.5 Å². The molecule has 0 radical (unpaired) electrons. The third-order valence-electron chi connectivity index (χ3n) is 5.77. The average Bonchev–Trinajstić information content (AvgIpc) is 2.95. The van der Waals surface area contributed by atoms with Crippen molar-refractivity contribution in [3.8, 4) is 0 Å². The summed E-state index contributed by atoms with van der Waals surface area (Å²) < 4.78 is 0. The molecule has 140 valence electrons. The molecule has 5 rings (SSSR count). The van der Waals surface area contributed by atoms with E-state index in [1.807, 2.05) is 0 Å². The molecule has 7 heteroatoms. The Morgan fingerprint density at radius 1 is 1.00 bits per heavy atom. The molecular formula is C20H20N2O5. The van der Waals surface area contributed by atoms with Crippen LogP contribution in [0, 0.1) is 23.7 Å². The number of anilines is 1. The van der Waals surface area contributed by atoms with Crippen molar-refractivity contribution >= 4 is 29.4 Å². The molecule has 7 nitrogen and oxygen atoms in total. The van der Waals surface area contributed by atoms with E-state index in [9.17, 15) is 19.2 Å². The van der Waals surface area contributed by atoms with Gasteiger partial charge in [0.05, 0.1) is 23.9 Å². The smallest absolute Gasteiger partial charge is 0.305 e. The number of carboxylic acid groups (broad SMARTS) is 1. The van der Waals surface area contributed by atoms with E-state index in [0.717, 1.165) is 12.8 Å². The number of carboxylic acids is 1. The van der Waals surface area contributed by atoms with Crippen LogP contribution in [0.15, 0.2) is 36.4 Å². The summed E-state index contributed by atoms with van der Waals surface area (Å²) in [7, 11) is 0. The predicted octanol–water partition coefficient (Wildman–Crippen LogP) is 1.59. The van der Waals surface area contributed by atoms with E-state index in [1.54, 1.807) is 24.3 Å². The number of nitrogens with one attached hydrogen (secondary N) is 1. The number of rotatable bonds is 5. The number of carbonyl (C=O) groups is 4. The van der Waals surface area contributed by atoms with Gasteiger partial charge >= 0.3 is 5.97 Å². The van der Waals surface area contributed by atoms with Gasteiger partial charge in [0, 0.05) is 12.1 Å². The van der Waals surface area contributed by atoms with Crippen molar-refractivity contribution in [3.63, 3.8) is 0 Å². The second kappa shape index (κ2) is 6.64. The Balaban J connectivity index is 1.49. The molecule has 4 atom stereocenters. The number of fused-ring (bicyclic) bond motifs is 1. The summed E-state index contributed by atoms with van der Waals surface area (Å²) in [5, 5.41) is 11.1. The Kier molecular flexibility index (Phi) is 4.30. The molecule has 2 bridgehead atoms. The largest absolute Gasteiger partial charge is 0.481 e. The topological polar surface area (TPSA) is 104 Å². The first-order valence-corrected chi connectivity index (χ1v) is 9.13. The molecule has 4 aliphatic rings. The minimum absolute atomic E-state index is 0.0398. The van der Waals surface area contributed by atoms with Crippen molar-refractivity contribution in [3.05, 3.63) is 42.0 Å². The van der Waals surface area contributed by atoms with Gasteiger partial charge in [-0.2, -0.15) is 0 Å². The van der Waals surface area contributed by atoms with E-state index in [-0.39, 0.29) is 48.5 Å². The minimum Gasteiger partial charge on any atom is -0.481 e. The van der Waals surface area contributed by atoms with Crippen molar-refractivity contribution in [2.24, 2.45) is 23.7 Å². The molecule has 1 heterocycles. The fourth-order valence-electron chi connectivity index (χ4n) is 4.48. The Labute approximate surface area is 156 Å². The van der Waals surface area contributed by atoms with Crippen molar-refractivity contribution in [1.82, 2.24) is 5.32 Å². The molecule has 0 spiro atoms. The second-order valence-electron chi connectivity index (χ2n) is 7.30. The molecule has 1 saturated heterocycles. The number of hydrogen-bond acceptors (Lipinski definition) is 4. The van der Waals surface area contributed by atoms with Gasteiger partial charge in [-0.05, 0) is 48.9 Å². The van der Waals surface area contributed by atoms with E-state index < -0.39 is 11.9 Å². The van der Waals surface area contributed by atoms with E-state index in [1.165, 1.54) is 4.90 Å². The second-order valence-corrected chi connectivity index (χ2v) is 7.30. The standard InChI is InChI=1S/C20H20N2O5/c23-15(24)9-10-21-18(25)13-5-7-14(8-6-13)22-19(26)16-11-1-2-12(4-3-11)17(16)20(22)27/h1-2,5-8,11-12,16-17H,3-4,9-10H2,(H,21,25)(H,23,24). The lowest BCUT2D eigenvalue weighted by Gasteiger charge is -2.38. The molecule has 2 N–H and O–H groups in total. The lowest BCUT2D eigenvalue weighted by atomic mass is 9.63. The summed E-state index contributed by atoms with van der Waals surface area (Å²) in [5.74, 6) is -1.92. The predicted molar refractivity (Wildman–Crippen MR) is 95.9 cm³/mol. The molecule has 1 aliphatic heterocycles. The molecule has 3 aliphatic carbocycles. The van der Waals surface area contributed by atoms with Crippen LogP contribution in [-0.2, 0) is 14.4 Å². The van der Waals surface area contributed by atoms with Crippen molar-refractivity contribution < 1.29 is 24.3 Å². The van der Waals surface area contributed by atoms with Gasteiger partial charge in [0.15, 0.2) is 0 Å². The summed E-state index contributed by atoms with van der Waals surface area (Å²) in [5.41, 5.74) is 0.822. The summed E-state index contributed by atoms with van der Waals surface area (Å²) in [6.45, 7) is 0.0398. The number of amides is 3. The summed E-state index contributed by atoms with van der Waals surface area (Å²) >= 11 is 0. The van der Waals surface area contributed by atoms with Crippen LogP contribution in [0.1, 0.15) is 29.6 Å². The molecule has 27 heavy (non-hydrogen) atoms. The van der Waals surface area contributed by atoms with Crippen LogP contribution in [0.4, 0.5) is 5.69 Å². The van der Waals surface area contributed by atoms with Crippen LogP contribution in [0.3, 0.4) is 0 Å². The molecule has 1 aromatic carbocycles. The fraction of sp³-hybridized carbons (Fsp3) is 0.400.